The van der Waals surface area contributed by atoms with Gasteiger partial charge in [0.1, 0.15) is 11.5 Å². The van der Waals surface area contributed by atoms with Gasteiger partial charge in [-0.15, -0.1) is 35.4 Å². The number of carbonyl (C=O) groups excluding carboxylic acids is 4. The van der Waals surface area contributed by atoms with Crippen molar-refractivity contribution in [2.45, 2.75) is 59.3 Å². The molecule has 10 heteroatoms. The Morgan fingerprint density at radius 2 is 0.886 bits per heavy atom. The van der Waals surface area contributed by atoms with Crippen LogP contribution >= 0.6 is 0 Å². The van der Waals surface area contributed by atoms with Gasteiger partial charge in [-0.2, -0.15) is 0 Å². The first-order valence-electron chi connectivity index (χ1n) is 23.1. The molecule has 0 N–H and O–H groups in total. The summed E-state index contributed by atoms with van der Waals surface area (Å²) in [5.74, 6) is 4.63. The van der Waals surface area contributed by atoms with Gasteiger partial charge in [-0.3, -0.25) is 35.9 Å². The fraction of sp³-hybridized carbons (Fsp3) is 0.200. The van der Waals surface area contributed by atoms with E-state index in [4.69, 9.17) is 22.3 Å². The molecule has 0 aliphatic carbocycles. The van der Waals surface area contributed by atoms with E-state index in [0.29, 0.717) is 50.8 Å². The van der Waals surface area contributed by atoms with Crippen LogP contribution in [-0.2, 0) is 21.1 Å². The fourth-order valence-corrected chi connectivity index (χ4v) is 9.22. The van der Waals surface area contributed by atoms with Crippen molar-refractivity contribution < 1.29 is 49.7 Å². The van der Waals surface area contributed by atoms with Crippen molar-refractivity contribution in [3.63, 3.8) is 0 Å². The molecule has 0 unspecified atom stereocenters. The summed E-state index contributed by atoms with van der Waals surface area (Å²) in [6.45, 7) is 6.08. The molecular weight excluding hydrogens is 1050 g/mol. The van der Waals surface area contributed by atoms with Gasteiger partial charge in [-0.25, -0.2) is 4.90 Å². The van der Waals surface area contributed by atoms with E-state index in [2.05, 4.69) is 47.9 Å². The number of amides is 4. The Labute approximate surface area is 424 Å². The number of hydrogen-bond acceptors (Lipinski definition) is 7. The Morgan fingerprint density at radius 1 is 0.500 bits per heavy atom. The van der Waals surface area contributed by atoms with E-state index in [1.165, 1.54) is 11.3 Å². The summed E-state index contributed by atoms with van der Waals surface area (Å²) < 4.78 is 10.6. The molecule has 2 aliphatic heterocycles. The van der Waals surface area contributed by atoms with Crippen molar-refractivity contribution in [1.29, 1.82) is 0 Å². The van der Waals surface area contributed by atoms with Crippen LogP contribution in [0.4, 0.5) is 22.7 Å². The van der Waals surface area contributed by atoms with Gasteiger partial charge < -0.3 is 27.2 Å². The molecule has 0 saturated heterocycles. The maximum atomic E-state index is 13.8. The minimum Gasteiger partial charge on any atom is -0.497 e. The Morgan fingerprint density at radius 3 is 1.30 bits per heavy atom. The van der Waals surface area contributed by atoms with E-state index in [-0.39, 0.29) is 44.0 Å². The van der Waals surface area contributed by atoms with E-state index in [1.807, 2.05) is 72.8 Å². The third-order valence-corrected chi connectivity index (χ3v) is 12.7. The molecule has 0 aromatic heterocycles. The molecule has 0 spiro atoms. The van der Waals surface area contributed by atoms with Crippen molar-refractivity contribution in [3.8, 4) is 34.5 Å². The molecule has 4 amide bonds. The van der Waals surface area contributed by atoms with Crippen molar-refractivity contribution in [2.24, 2.45) is 0 Å². The van der Waals surface area contributed by atoms with Gasteiger partial charge in [-0.05, 0) is 127 Å². The second kappa shape index (κ2) is 22.1. The van der Waals surface area contributed by atoms with Crippen molar-refractivity contribution in [1.82, 2.24) is 4.90 Å². The molecule has 7 aromatic carbocycles. The first-order chi connectivity index (χ1) is 33.5. The van der Waals surface area contributed by atoms with Crippen LogP contribution in [-0.4, -0.2) is 49.3 Å². The van der Waals surface area contributed by atoms with Crippen LogP contribution < -0.4 is 19.3 Å². The maximum absolute atomic E-state index is 13.8. The SMILES string of the molecule is [C-]#Cc1cc(C)c(N2C(=O)c3ccc4c5c(ccc(c35)C2=O)C(=O)N(CCCCCCCC)C4=O)c(C)c1.[C-]#Cc1ccc(-c2ccc(N(c3ccc(OC)cc3)c3ccc(OC)cc3)cc2)cc1.[Pt+2]. The summed E-state index contributed by atoms with van der Waals surface area (Å²) in [7, 11) is 3.34. The zero-order valence-electron chi connectivity index (χ0n) is 39.8. The molecule has 0 saturated carbocycles. The average molecular weight is 1110 g/mol. The third kappa shape index (κ3) is 9.90. The third-order valence-electron chi connectivity index (χ3n) is 12.7. The predicted molar refractivity (Wildman–Crippen MR) is 272 cm³/mol. The number of rotatable bonds is 14. The summed E-state index contributed by atoms with van der Waals surface area (Å²) in [6.07, 6.45) is 20.9. The van der Waals surface area contributed by atoms with Crippen LogP contribution in [0.5, 0.6) is 11.5 Å². The van der Waals surface area contributed by atoms with Crippen molar-refractivity contribution in [3.05, 3.63) is 191 Å². The number of imide groups is 2. The molecule has 2 heterocycles. The number of ether oxygens (including phenoxy) is 2. The molecule has 70 heavy (non-hydrogen) atoms. The monoisotopic (exact) mass is 1100 g/mol. The van der Waals surface area contributed by atoms with Gasteiger partial charge in [0.2, 0.25) is 0 Å². The molecule has 7 aromatic rings. The minimum atomic E-state index is -0.501. The summed E-state index contributed by atoms with van der Waals surface area (Å²) in [5.41, 5.74) is 9.73. The van der Waals surface area contributed by atoms with Gasteiger partial charge in [0.15, 0.2) is 0 Å². The topological polar surface area (TPSA) is 96.5 Å². The molecule has 0 radical (unpaired) electrons. The molecule has 0 atom stereocenters. The summed E-state index contributed by atoms with van der Waals surface area (Å²) in [5, 5.41) is 0.754. The number of carbonyl (C=O) groups is 4. The number of anilines is 4. The normalized spacial score (nSPS) is 12.4. The number of aryl methyl sites for hydroxylation is 2. The Hall–Kier alpha value is -7.71. The van der Waals surface area contributed by atoms with E-state index >= 15 is 0 Å². The molecule has 0 fully saturated rings. The minimum absolute atomic E-state index is 0. The van der Waals surface area contributed by atoms with Crippen molar-refractivity contribution in [2.75, 3.05) is 30.6 Å². The standard InChI is InChI=1S/C32H29N2O4.C28H22NO2.Pt/c1-5-7-8-9-10-11-16-33-29(35)22-12-14-24-27-25(15-13-23(26(22)27)30(33)36)32(38)34(31(24)37)28-19(3)17-21(6-2)18-20(28)4;1-4-21-5-7-22(8-6-21)23-9-11-24(12-10-23)29(25-13-17-27(30-2)18-14-25)26-15-19-28(31-3)20-16-26;/h12-15,17-18H,5,7-11,16H2,1,3-4H3;5-20H,2-3H3;/q2*-1;+2. The van der Waals surface area contributed by atoms with Gasteiger partial charge in [-0.1, -0.05) is 63.3 Å². The predicted octanol–water partition coefficient (Wildman–Crippen LogP) is 12.9. The zero-order valence-corrected chi connectivity index (χ0v) is 42.0. The molecule has 9 rings (SSSR count). The maximum Gasteiger partial charge on any atom is 2.00 e. The number of hydrogen-bond donors (Lipinski definition) is 0. The fourth-order valence-electron chi connectivity index (χ4n) is 9.22. The van der Waals surface area contributed by atoms with Crippen LogP contribution in [0.25, 0.3) is 21.9 Å². The van der Waals surface area contributed by atoms with Crippen LogP contribution in [0.2, 0.25) is 0 Å². The van der Waals surface area contributed by atoms with Crippen LogP contribution in [0.1, 0.15) is 109 Å². The number of nitrogens with zero attached hydrogens (tertiary/aromatic N) is 3. The van der Waals surface area contributed by atoms with Gasteiger partial charge in [0.05, 0.1) is 19.9 Å². The zero-order chi connectivity index (χ0) is 48.8. The van der Waals surface area contributed by atoms with E-state index in [0.717, 1.165) is 82.3 Å². The quantitative estimate of drug-likeness (QED) is 0.0463. The molecular formula is C60H51N3O6Pt. The van der Waals surface area contributed by atoms with Crippen LogP contribution in [0.3, 0.4) is 0 Å². The Balaban J connectivity index is 0.000000208. The first-order valence-corrected chi connectivity index (χ1v) is 23.1. The van der Waals surface area contributed by atoms with Gasteiger partial charge in [0.25, 0.3) is 23.6 Å². The van der Waals surface area contributed by atoms with Crippen molar-refractivity contribution >= 4 is 57.2 Å². The number of methoxy groups -OCH3 is 2. The molecule has 0 bridgehead atoms. The number of benzene rings is 7. The Bertz CT molecular complexity index is 3040. The first kappa shape index (κ1) is 50.2. The Kier molecular flexibility index (Phi) is 15.9. The summed E-state index contributed by atoms with van der Waals surface area (Å²) in [6, 6.07) is 42.1. The van der Waals surface area contributed by atoms with Gasteiger partial charge >= 0.3 is 21.1 Å². The summed E-state index contributed by atoms with van der Waals surface area (Å²) in [4.78, 5) is 59.0. The average Bonchev–Trinajstić information content (AvgIpc) is 3.38. The molecule has 9 nitrogen and oxygen atoms in total. The second-order valence-electron chi connectivity index (χ2n) is 17.1. The number of unbranched alkanes of at least 4 members (excludes halogenated alkanes) is 5. The van der Waals surface area contributed by atoms with E-state index in [9.17, 15) is 19.2 Å². The van der Waals surface area contributed by atoms with Crippen LogP contribution in [0, 0.1) is 38.5 Å². The largest absolute Gasteiger partial charge is 2.00 e. The van der Waals surface area contributed by atoms with Gasteiger partial charge in [0, 0.05) is 56.6 Å². The smallest absolute Gasteiger partial charge is 0.497 e. The summed E-state index contributed by atoms with van der Waals surface area (Å²) >= 11 is 0. The van der Waals surface area contributed by atoms with Crippen LogP contribution in [0.15, 0.2) is 133 Å². The molecule has 352 valence electrons. The van der Waals surface area contributed by atoms with E-state index < -0.39 is 11.8 Å². The molecule has 2 aliphatic rings. The second-order valence-corrected chi connectivity index (χ2v) is 17.1. The van der Waals surface area contributed by atoms with E-state index in [1.54, 1.807) is 64.5 Å².